The summed E-state index contributed by atoms with van der Waals surface area (Å²) in [4.78, 5) is 12.5. The maximum absolute atomic E-state index is 12.7. The molecule has 0 saturated carbocycles. The average molecular weight is 457 g/mol. The highest BCUT2D eigenvalue weighted by Gasteiger charge is 2.18. The summed E-state index contributed by atoms with van der Waals surface area (Å²) in [6, 6.07) is 21.0. The Hall–Kier alpha value is -2.67. The Kier molecular flexibility index (Phi) is 7.49. The number of benzene rings is 3. The summed E-state index contributed by atoms with van der Waals surface area (Å²) in [5, 5.41) is 3.47. The van der Waals surface area contributed by atoms with Crippen molar-refractivity contribution in [1.29, 1.82) is 0 Å². The van der Waals surface area contributed by atoms with Gasteiger partial charge in [0.15, 0.2) is 0 Å². The summed E-state index contributed by atoms with van der Waals surface area (Å²) >= 11 is 6.08. The quantitative estimate of drug-likeness (QED) is 0.485. The number of rotatable bonds is 8. The molecule has 0 aromatic heterocycles. The van der Waals surface area contributed by atoms with Crippen LogP contribution in [0.2, 0.25) is 5.02 Å². The molecule has 3 aromatic carbocycles. The first-order chi connectivity index (χ1) is 14.8. The molecular formula is C24H25ClN2O3S. The highest BCUT2D eigenvalue weighted by Crippen LogP contribution is 2.23. The first-order valence-electron chi connectivity index (χ1n) is 9.97. The van der Waals surface area contributed by atoms with Crippen LogP contribution in [0.4, 0.5) is 5.69 Å². The van der Waals surface area contributed by atoms with E-state index in [1.54, 1.807) is 36.4 Å². The van der Waals surface area contributed by atoms with Gasteiger partial charge in [0.25, 0.3) is 0 Å². The van der Waals surface area contributed by atoms with E-state index in [0.717, 1.165) is 16.7 Å². The van der Waals surface area contributed by atoms with E-state index in [1.165, 1.54) is 0 Å². The zero-order valence-corrected chi connectivity index (χ0v) is 19.0. The molecule has 162 valence electrons. The molecule has 0 bridgehead atoms. The molecule has 7 heteroatoms. The standard InChI is InChI=1S/C24H25ClN2O3S/c1-17-22(25)9-6-10-23(17)26-24(28)16-13-19-11-14-21(15-12-19)31(29,30)27-18(2)20-7-4-3-5-8-20/h3-12,14-15,18,27H,13,16H2,1-2H3,(H,26,28)/t18-/m0/s1. The van der Waals surface area contributed by atoms with Gasteiger partial charge in [-0.2, -0.15) is 0 Å². The Morgan fingerprint density at radius 1 is 0.968 bits per heavy atom. The minimum atomic E-state index is -3.65. The number of anilines is 1. The monoisotopic (exact) mass is 456 g/mol. The fraction of sp³-hybridized carbons (Fsp3) is 0.208. The lowest BCUT2D eigenvalue weighted by molar-refractivity contribution is -0.116. The second kappa shape index (κ2) is 10.1. The van der Waals surface area contributed by atoms with E-state index in [4.69, 9.17) is 11.6 Å². The van der Waals surface area contributed by atoms with Gasteiger partial charge < -0.3 is 5.32 Å². The van der Waals surface area contributed by atoms with Crippen LogP contribution >= 0.6 is 11.6 Å². The molecule has 0 saturated heterocycles. The van der Waals surface area contributed by atoms with Crippen molar-refractivity contribution in [3.8, 4) is 0 Å². The van der Waals surface area contributed by atoms with Gasteiger partial charge in [-0.05, 0) is 61.2 Å². The smallest absolute Gasteiger partial charge is 0.241 e. The molecule has 0 spiro atoms. The molecule has 2 N–H and O–H groups in total. The number of hydrogen-bond acceptors (Lipinski definition) is 3. The summed E-state index contributed by atoms with van der Waals surface area (Å²) in [6.45, 7) is 3.66. The minimum Gasteiger partial charge on any atom is -0.326 e. The van der Waals surface area contributed by atoms with Crippen LogP contribution < -0.4 is 10.0 Å². The minimum absolute atomic E-state index is 0.125. The number of halogens is 1. The maximum atomic E-state index is 12.7. The fourth-order valence-electron chi connectivity index (χ4n) is 3.16. The number of sulfonamides is 1. The Morgan fingerprint density at radius 3 is 2.32 bits per heavy atom. The SMILES string of the molecule is Cc1c(Cl)cccc1NC(=O)CCc1ccc(S(=O)(=O)N[C@@H](C)c2ccccc2)cc1. The Morgan fingerprint density at radius 2 is 1.65 bits per heavy atom. The van der Waals surface area contributed by atoms with E-state index in [2.05, 4.69) is 10.0 Å². The maximum Gasteiger partial charge on any atom is 0.241 e. The molecule has 0 fully saturated rings. The molecule has 0 unspecified atom stereocenters. The lowest BCUT2D eigenvalue weighted by atomic mass is 10.1. The number of aryl methyl sites for hydroxylation is 1. The Bertz CT molecular complexity index is 1150. The Labute approximate surface area is 188 Å². The van der Waals surface area contributed by atoms with Crippen LogP contribution in [-0.2, 0) is 21.2 Å². The number of carbonyl (C=O) groups is 1. The second-order valence-corrected chi connectivity index (χ2v) is 9.48. The van der Waals surface area contributed by atoms with Crippen molar-refractivity contribution >= 4 is 33.2 Å². The molecule has 3 rings (SSSR count). The van der Waals surface area contributed by atoms with E-state index in [9.17, 15) is 13.2 Å². The van der Waals surface area contributed by atoms with Crippen LogP contribution in [0.25, 0.3) is 0 Å². The molecule has 0 radical (unpaired) electrons. The zero-order valence-electron chi connectivity index (χ0n) is 17.4. The predicted octanol–water partition coefficient (Wildman–Crippen LogP) is 5.26. The van der Waals surface area contributed by atoms with Gasteiger partial charge in [0.05, 0.1) is 4.90 Å². The van der Waals surface area contributed by atoms with E-state index in [-0.39, 0.29) is 23.3 Å². The van der Waals surface area contributed by atoms with Crippen molar-refractivity contribution in [2.75, 3.05) is 5.32 Å². The molecule has 0 aliphatic carbocycles. The van der Waals surface area contributed by atoms with E-state index in [0.29, 0.717) is 17.1 Å². The lowest BCUT2D eigenvalue weighted by Gasteiger charge is -2.15. The van der Waals surface area contributed by atoms with Crippen molar-refractivity contribution < 1.29 is 13.2 Å². The molecule has 5 nitrogen and oxygen atoms in total. The summed E-state index contributed by atoms with van der Waals surface area (Å²) in [5.41, 5.74) is 3.29. The van der Waals surface area contributed by atoms with Crippen LogP contribution in [0.1, 0.15) is 36.1 Å². The third-order valence-electron chi connectivity index (χ3n) is 5.05. The fourth-order valence-corrected chi connectivity index (χ4v) is 4.57. The molecule has 3 aromatic rings. The highest BCUT2D eigenvalue weighted by atomic mass is 35.5. The first kappa shape index (κ1) is 23.0. The van der Waals surface area contributed by atoms with Gasteiger partial charge in [-0.1, -0.05) is 60.1 Å². The van der Waals surface area contributed by atoms with Gasteiger partial charge >= 0.3 is 0 Å². The normalized spacial score (nSPS) is 12.4. The molecule has 0 aliphatic rings. The first-order valence-corrected chi connectivity index (χ1v) is 11.8. The van der Waals surface area contributed by atoms with Crippen LogP contribution in [0.3, 0.4) is 0 Å². The van der Waals surface area contributed by atoms with Gasteiger partial charge in [-0.15, -0.1) is 0 Å². The summed E-state index contributed by atoms with van der Waals surface area (Å²) in [6.07, 6.45) is 0.779. The van der Waals surface area contributed by atoms with E-state index >= 15 is 0 Å². The van der Waals surface area contributed by atoms with Gasteiger partial charge in [0, 0.05) is 23.2 Å². The van der Waals surface area contributed by atoms with Gasteiger partial charge in [0.1, 0.15) is 0 Å². The predicted molar refractivity (Wildman–Crippen MR) is 125 cm³/mol. The van der Waals surface area contributed by atoms with Crippen molar-refractivity contribution in [1.82, 2.24) is 4.72 Å². The average Bonchev–Trinajstić information content (AvgIpc) is 2.76. The van der Waals surface area contributed by atoms with E-state index < -0.39 is 10.0 Å². The lowest BCUT2D eigenvalue weighted by Crippen LogP contribution is -2.26. The van der Waals surface area contributed by atoms with Gasteiger partial charge in [-0.25, -0.2) is 13.1 Å². The number of amides is 1. The van der Waals surface area contributed by atoms with Crippen molar-refractivity contribution in [2.45, 2.75) is 37.6 Å². The molecule has 1 atom stereocenters. The van der Waals surface area contributed by atoms with E-state index in [1.807, 2.05) is 50.2 Å². The topological polar surface area (TPSA) is 75.3 Å². The molecule has 0 aliphatic heterocycles. The number of hydrogen-bond donors (Lipinski definition) is 2. The van der Waals surface area contributed by atoms with Crippen molar-refractivity contribution in [3.63, 3.8) is 0 Å². The third kappa shape index (κ3) is 6.17. The molecule has 31 heavy (non-hydrogen) atoms. The van der Waals surface area contributed by atoms with Crippen LogP contribution in [0.15, 0.2) is 77.7 Å². The zero-order chi connectivity index (χ0) is 22.4. The van der Waals surface area contributed by atoms with Crippen molar-refractivity contribution in [2.24, 2.45) is 0 Å². The van der Waals surface area contributed by atoms with Crippen LogP contribution in [-0.4, -0.2) is 14.3 Å². The number of nitrogens with one attached hydrogen (secondary N) is 2. The van der Waals surface area contributed by atoms with Gasteiger partial charge in [0.2, 0.25) is 15.9 Å². The Balaban J connectivity index is 1.58. The third-order valence-corrected chi connectivity index (χ3v) is 7.01. The van der Waals surface area contributed by atoms with Gasteiger partial charge in [-0.3, -0.25) is 4.79 Å². The molecular weight excluding hydrogens is 432 g/mol. The highest BCUT2D eigenvalue weighted by molar-refractivity contribution is 7.89. The van der Waals surface area contributed by atoms with Crippen LogP contribution in [0, 0.1) is 6.92 Å². The summed E-state index contributed by atoms with van der Waals surface area (Å²) < 4.78 is 28.0. The molecule has 0 heterocycles. The summed E-state index contributed by atoms with van der Waals surface area (Å²) in [7, 11) is -3.65. The largest absolute Gasteiger partial charge is 0.326 e. The summed E-state index contributed by atoms with van der Waals surface area (Å²) in [5.74, 6) is -0.125. The van der Waals surface area contributed by atoms with Crippen molar-refractivity contribution in [3.05, 3.63) is 94.5 Å². The number of carbonyl (C=O) groups excluding carboxylic acids is 1. The van der Waals surface area contributed by atoms with Crippen LogP contribution in [0.5, 0.6) is 0 Å². The second-order valence-electron chi connectivity index (χ2n) is 7.36. The molecule has 1 amide bonds.